The number of hydrogen-bond donors (Lipinski definition) is 2. The summed E-state index contributed by atoms with van der Waals surface area (Å²) in [6.45, 7) is 0.816. The predicted octanol–water partition coefficient (Wildman–Crippen LogP) is 1.78. The van der Waals surface area contributed by atoms with Gasteiger partial charge in [0, 0.05) is 36.1 Å². The summed E-state index contributed by atoms with van der Waals surface area (Å²) in [5.74, 6) is -0.186. The Labute approximate surface area is 129 Å². The van der Waals surface area contributed by atoms with Crippen LogP contribution in [0.4, 0.5) is 5.69 Å². The van der Waals surface area contributed by atoms with E-state index in [-0.39, 0.29) is 11.8 Å². The fraction of sp³-hybridized carbons (Fsp3) is 0.400. The Balaban J connectivity index is 1.67. The summed E-state index contributed by atoms with van der Waals surface area (Å²) >= 11 is 0. The number of nitrogens with one attached hydrogen (secondary N) is 2. The first kappa shape index (κ1) is 15.1. The van der Waals surface area contributed by atoms with Crippen LogP contribution in [0.15, 0.2) is 30.5 Å². The minimum Gasteiger partial charge on any atom is -0.361 e. The van der Waals surface area contributed by atoms with Crippen molar-refractivity contribution in [2.75, 3.05) is 24.7 Å². The molecule has 1 aliphatic heterocycles. The largest absolute Gasteiger partial charge is 0.361 e. The van der Waals surface area contributed by atoms with Crippen LogP contribution < -0.4 is 5.32 Å². The summed E-state index contributed by atoms with van der Waals surface area (Å²) in [7, 11) is -3.16. The number of anilines is 1. The van der Waals surface area contributed by atoms with E-state index in [1.807, 2.05) is 30.5 Å². The van der Waals surface area contributed by atoms with Crippen molar-refractivity contribution >= 4 is 32.5 Å². The smallest absolute Gasteiger partial charge is 0.227 e. The second-order valence-electron chi connectivity index (χ2n) is 5.67. The van der Waals surface area contributed by atoms with Crippen molar-refractivity contribution in [1.29, 1.82) is 0 Å². The number of carbonyl (C=O) groups excluding carboxylic acids is 1. The number of benzene rings is 1. The first-order valence-electron chi connectivity index (χ1n) is 7.27. The third kappa shape index (κ3) is 3.00. The molecule has 7 heteroatoms. The van der Waals surface area contributed by atoms with Gasteiger partial charge in [0.15, 0.2) is 0 Å². The molecule has 2 aromatic rings. The summed E-state index contributed by atoms with van der Waals surface area (Å²) in [4.78, 5) is 15.5. The second kappa shape index (κ2) is 5.73. The zero-order valence-electron chi connectivity index (χ0n) is 12.4. The average Bonchev–Trinajstić information content (AvgIpc) is 2.96. The quantitative estimate of drug-likeness (QED) is 0.904. The molecule has 2 N–H and O–H groups in total. The molecule has 0 saturated carbocycles. The van der Waals surface area contributed by atoms with Crippen LogP contribution in [0, 0.1) is 5.92 Å². The van der Waals surface area contributed by atoms with Crippen LogP contribution in [0.1, 0.15) is 12.8 Å². The van der Waals surface area contributed by atoms with E-state index < -0.39 is 10.0 Å². The van der Waals surface area contributed by atoms with Crippen LogP contribution in [-0.2, 0) is 14.8 Å². The summed E-state index contributed by atoms with van der Waals surface area (Å²) in [6, 6.07) is 7.65. The molecule has 0 unspecified atom stereocenters. The molecule has 1 aromatic heterocycles. The molecular formula is C15H19N3O3S. The van der Waals surface area contributed by atoms with Gasteiger partial charge >= 0.3 is 0 Å². The van der Waals surface area contributed by atoms with E-state index in [9.17, 15) is 13.2 Å². The topological polar surface area (TPSA) is 82.3 Å². The number of carbonyl (C=O) groups is 1. The van der Waals surface area contributed by atoms with Crippen molar-refractivity contribution in [3.8, 4) is 0 Å². The third-order valence-electron chi connectivity index (χ3n) is 4.15. The molecule has 0 spiro atoms. The molecule has 1 aromatic carbocycles. The minimum atomic E-state index is -3.16. The zero-order valence-corrected chi connectivity index (χ0v) is 13.2. The van der Waals surface area contributed by atoms with E-state index in [4.69, 9.17) is 0 Å². The highest BCUT2D eigenvalue weighted by molar-refractivity contribution is 7.88. The Morgan fingerprint density at radius 3 is 2.68 bits per heavy atom. The van der Waals surface area contributed by atoms with E-state index in [0.717, 1.165) is 16.6 Å². The van der Waals surface area contributed by atoms with E-state index in [1.54, 1.807) is 0 Å². The van der Waals surface area contributed by atoms with Crippen molar-refractivity contribution in [2.45, 2.75) is 12.8 Å². The van der Waals surface area contributed by atoms with Crippen molar-refractivity contribution < 1.29 is 13.2 Å². The Morgan fingerprint density at radius 1 is 1.27 bits per heavy atom. The van der Waals surface area contributed by atoms with Crippen LogP contribution in [0.5, 0.6) is 0 Å². The lowest BCUT2D eigenvalue weighted by Crippen LogP contribution is -2.40. The van der Waals surface area contributed by atoms with Gasteiger partial charge < -0.3 is 10.3 Å². The maximum Gasteiger partial charge on any atom is 0.227 e. The van der Waals surface area contributed by atoms with Crippen LogP contribution in [0.2, 0.25) is 0 Å². The number of piperidine rings is 1. The van der Waals surface area contributed by atoms with Gasteiger partial charge in [-0.1, -0.05) is 6.07 Å². The summed E-state index contributed by atoms with van der Waals surface area (Å²) in [6.07, 6.45) is 4.16. The summed E-state index contributed by atoms with van der Waals surface area (Å²) in [5.41, 5.74) is 1.76. The third-order valence-corrected chi connectivity index (χ3v) is 5.45. The van der Waals surface area contributed by atoms with Gasteiger partial charge in [0.05, 0.1) is 11.9 Å². The Hall–Kier alpha value is -1.86. The molecule has 1 fully saturated rings. The number of amides is 1. The van der Waals surface area contributed by atoms with Gasteiger partial charge in [-0.25, -0.2) is 12.7 Å². The molecule has 3 rings (SSSR count). The Kier molecular flexibility index (Phi) is 3.92. The number of rotatable bonds is 3. The maximum absolute atomic E-state index is 12.4. The molecule has 0 bridgehead atoms. The van der Waals surface area contributed by atoms with Crippen molar-refractivity contribution in [3.63, 3.8) is 0 Å². The van der Waals surface area contributed by atoms with Crippen LogP contribution >= 0.6 is 0 Å². The summed E-state index contributed by atoms with van der Waals surface area (Å²) in [5, 5.41) is 3.94. The van der Waals surface area contributed by atoms with E-state index in [0.29, 0.717) is 25.9 Å². The summed E-state index contributed by atoms with van der Waals surface area (Å²) < 4.78 is 24.4. The SMILES string of the molecule is CS(=O)(=O)N1CCC(C(=O)Nc2cccc3[nH]ccc23)CC1. The lowest BCUT2D eigenvalue weighted by molar-refractivity contribution is -0.120. The average molecular weight is 321 g/mol. The van der Waals surface area contributed by atoms with E-state index >= 15 is 0 Å². The highest BCUT2D eigenvalue weighted by atomic mass is 32.2. The maximum atomic E-state index is 12.4. The van der Waals surface area contributed by atoms with Gasteiger partial charge in [0.2, 0.25) is 15.9 Å². The van der Waals surface area contributed by atoms with Gasteiger partial charge in [0.1, 0.15) is 0 Å². The van der Waals surface area contributed by atoms with Gasteiger partial charge in [-0.15, -0.1) is 0 Å². The standard InChI is InChI=1S/C15H19N3O3S/c1-22(20,21)18-9-6-11(7-10-18)15(19)17-14-4-2-3-13-12(14)5-8-16-13/h2-5,8,11,16H,6-7,9-10H2,1H3,(H,17,19). The highest BCUT2D eigenvalue weighted by Gasteiger charge is 2.29. The lowest BCUT2D eigenvalue weighted by atomic mass is 9.97. The van der Waals surface area contributed by atoms with E-state index in [1.165, 1.54) is 10.6 Å². The molecule has 0 radical (unpaired) electrons. The van der Waals surface area contributed by atoms with Gasteiger partial charge in [-0.2, -0.15) is 0 Å². The van der Waals surface area contributed by atoms with Crippen LogP contribution in [0.25, 0.3) is 10.9 Å². The first-order chi connectivity index (χ1) is 10.4. The lowest BCUT2D eigenvalue weighted by Gasteiger charge is -2.29. The zero-order chi connectivity index (χ0) is 15.7. The van der Waals surface area contributed by atoms with Crippen molar-refractivity contribution in [3.05, 3.63) is 30.5 Å². The molecule has 2 heterocycles. The molecular weight excluding hydrogens is 302 g/mol. The van der Waals surface area contributed by atoms with E-state index in [2.05, 4.69) is 10.3 Å². The fourth-order valence-electron chi connectivity index (χ4n) is 2.88. The molecule has 22 heavy (non-hydrogen) atoms. The van der Waals surface area contributed by atoms with Gasteiger partial charge in [-0.05, 0) is 31.0 Å². The monoisotopic (exact) mass is 321 g/mol. The fourth-order valence-corrected chi connectivity index (χ4v) is 3.75. The molecule has 0 atom stereocenters. The highest BCUT2D eigenvalue weighted by Crippen LogP contribution is 2.25. The number of H-pyrrole nitrogens is 1. The van der Waals surface area contributed by atoms with Crippen molar-refractivity contribution in [1.82, 2.24) is 9.29 Å². The number of nitrogens with zero attached hydrogens (tertiary/aromatic N) is 1. The number of sulfonamides is 1. The molecule has 118 valence electrons. The van der Waals surface area contributed by atoms with Gasteiger partial charge in [0.25, 0.3) is 0 Å². The Morgan fingerprint density at radius 2 is 2.00 bits per heavy atom. The molecule has 0 aliphatic carbocycles. The molecule has 1 amide bonds. The van der Waals surface area contributed by atoms with Crippen LogP contribution in [-0.4, -0.2) is 43.0 Å². The van der Waals surface area contributed by atoms with Crippen molar-refractivity contribution in [2.24, 2.45) is 5.92 Å². The predicted molar refractivity (Wildman–Crippen MR) is 86.1 cm³/mol. The molecule has 6 nitrogen and oxygen atoms in total. The molecule has 1 saturated heterocycles. The van der Waals surface area contributed by atoms with Crippen LogP contribution in [0.3, 0.4) is 0 Å². The second-order valence-corrected chi connectivity index (χ2v) is 7.65. The first-order valence-corrected chi connectivity index (χ1v) is 9.12. The number of fused-ring (bicyclic) bond motifs is 1. The number of aromatic amines is 1. The Bertz CT molecular complexity index is 789. The molecule has 1 aliphatic rings. The number of hydrogen-bond acceptors (Lipinski definition) is 3. The number of aromatic nitrogens is 1. The van der Waals surface area contributed by atoms with Gasteiger partial charge in [-0.3, -0.25) is 4.79 Å². The minimum absolute atomic E-state index is 0.0400. The normalized spacial score (nSPS) is 17.7.